The molecule has 17 heavy (non-hydrogen) atoms. The topological polar surface area (TPSA) is 93.3 Å². The van der Waals surface area contributed by atoms with Gasteiger partial charge in [-0.05, 0) is 12.5 Å². The summed E-state index contributed by atoms with van der Waals surface area (Å²) in [4.78, 5) is 3.84. The Hall–Kier alpha value is -0.850. The average molecular weight is 277 g/mol. The number of anilines is 1. The molecule has 1 aliphatic heterocycles. The van der Waals surface area contributed by atoms with Crippen molar-refractivity contribution in [3.8, 4) is 0 Å². The maximum absolute atomic E-state index is 11.3. The van der Waals surface area contributed by atoms with E-state index in [4.69, 9.17) is 17.3 Å². The molecule has 1 aromatic rings. The highest BCUT2D eigenvalue weighted by Gasteiger charge is 2.34. The predicted octanol–water partition coefficient (Wildman–Crippen LogP) is 0.785. The minimum atomic E-state index is -3.03. The smallest absolute Gasteiger partial charge is 0.150 e. The number of hydrogen-bond donors (Lipinski definition) is 2. The van der Waals surface area contributed by atoms with E-state index in [1.54, 1.807) is 0 Å². The molecular formula is C10H13ClN2O3S. The largest absolute Gasteiger partial charge is 0.388 e. The van der Waals surface area contributed by atoms with Crippen molar-refractivity contribution in [2.45, 2.75) is 12.5 Å². The van der Waals surface area contributed by atoms with Crippen LogP contribution in [-0.2, 0) is 9.84 Å². The molecule has 0 aromatic carbocycles. The zero-order valence-electron chi connectivity index (χ0n) is 9.01. The Labute approximate surface area is 105 Å². The van der Waals surface area contributed by atoms with Crippen molar-refractivity contribution in [2.75, 3.05) is 17.2 Å². The maximum Gasteiger partial charge on any atom is 0.150 e. The molecule has 1 saturated heterocycles. The number of aliphatic hydroxyl groups excluding tert-OH is 1. The van der Waals surface area contributed by atoms with Crippen LogP contribution in [0.2, 0.25) is 5.02 Å². The Bertz CT molecular complexity index is 532. The number of halogens is 1. The van der Waals surface area contributed by atoms with Crippen LogP contribution in [0.4, 0.5) is 5.82 Å². The van der Waals surface area contributed by atoms with E-state index >= 15 is 0 Å². The lowest BCUT2D eigenvalue weighted by Crippen LogP contribution is -2.16. The molecular weight excluding hydrogens is 264 g/mol. The van der Waals surface area contributed by atoms with Gasteiger partial charge in [0.15, 0.2) is 9.84 Å². The van der Waals surface area contributed by atoms with E-state index in [9.17, 15) is 13.5 Å². The standard InChI is InChI=1S/C10H13ClN2O3S/c11-7-3-8(10(12)13-4-7)9(14)6-1-2-17(15,16)5-6/h3-4,6,9,14H,1-2,5H2,(H2,12,13). The molecule has 94 valence electrons. The van der Waals surface area contributed by atoms with E-state index in [0.717, 1.165) is 0 Å². The first-order chi connectivity index (χ1) is 7.89. The highest BCUT2D eigenvalue weighted by atomic mass is 35.5. The fourth-order valence-corrected chi connectivity index (χ4v) is 4.03. The Morgan fingerprint density at radius 2 is 2.29 bits per heavy atom. The van der Waals surface area contributed by atoms with E-state index in [1.165, 1.54) is 12.3 Å². The van der Waals surface area contributed by atoms with Crippen LogP contribution in [0.5, 0.6) is 0 Å². The summed E-state index contributed by atoms with van der Waals surface area (Å²) >= 11 is 5.78. The van der Waals surface area contributed by atoms with Crippen LogP contribution < -0.4 is 5.73 Å². The summed E-state index contributed by atoms with van der Waals surface area (Å²) in [7, 11) is -3.03. The van der Waals surface area contributed by atoms with Crippen LogP contribution in [0, 0.1) is 5.92 Å². The van der Waals surface area contributed by atoms with Gasteiger partial charge >= 0.3 is 0 Å². The second-order valence-corrected chi connectivity index (χ2v) is 6.90. The zero-order chi connectivity index (χ0) is 12.6. The maximum atomic E-state index is 11.3. The van der Waals surface area contributed by atoms with E-state index < -0.39 is 15.9 Å². The third kappa shape index (κ3) is 2.70. The third-order valence-corrected chi connectivity index (χ3v) is 4.95. The van der Waals surface area contributed by atoms with Gasteiger partial charge in [-0.1, -0.05) is 11.6 Å². The van der Waals surface area contributed by atoms with Gasteiger partial charge in [0.05, 0.1) is 22.6 Å². The van der Waals surface area contributed by atoms with Crippen LogP contribution in [0.15, 0.2) is 12.3 Å². The SMILES string of the molecule is Nc1ncc(Cl)cc1C(O)C1CCS(=O)(=O)C1. The Morgan fingerprint density at radius 3 is 2.88 bits per heavy atom. The zero-order valence-corrected chi connectivity index (χ0v) is 10.6. The van der Waals surface area contributed by atoms with Crippen molar-refractivity contribution in [3.05, 3.63) is 22.8 Å². The number of aromatic nitrogens is 1. The van der Waals surface area contributed by atoms with Crippen LogP contribution >= 0.6 is 11.6 Å². The van der Waals surface area contributed by atoms with Gasteiger partial charge in [0.25, 0.3) is 0 Å². The number of nitrogen functional groups attached to an aromatic ring is 1. The number of nitrogens with two attached hydrogens (primary N) is 1. The second kappa shape index (κ2) is 4.44. The van der Waals surface area contributed by atoms with Gasteiger partial charge in [0, 0.05) is 17.7 Å². The number of rotatable bonds is 2. The first kappa shape index (κ1) is 12.6. The summed E-state index contributed by atoms with van der Waals surface area (Å²) in [5, 5.41) is 10.5. The molecule has 2 unspecified atom stereocenters. The molecule has 0 aliphatic carbocycles. The fraction of sp³-hybridized carbons (Fsp3) is 0.500. The Morgan fingerprint density at radius 1 is 1.59 bits per heavy atom. The lowest BCUT2D eigenvalue weighted by molar-refractivity contribution is 0.121. The number of pyridine rings is 1. The minimum absolute atomic E-state index is 0.0138. The summed E-state index contributed by atoms with van der Waals surface area (Å²) in [6.07, 6.45) is 0.895. The van der Waals surface area contributed by atoms with Gasteiger partial charge in [-0.15, -0.1) is 0 Å². The van der Waals surface area contributed by atoms with E-state index in [1.807, 2.05) is 0 Å². The van der Waals surface area contributed by atoms with E-state index in [2.05, 4.69) is 4.98 Å². The van der Waals surface area contributed by atoms with Crippen LogP contribution in [0.25, 0.3) is 0 Å². The van der Waals surface area contributed by atoms with Crippen LogP contribution in [-0.4, -0.2) is 30.0 Å². The third-order valence-electron chi connectivity index (χ3n) is 2.95. The number of aliphatic hydroxyl groups is 1. The van der Waals surface area contributed by atoms with Gasteiger partial charge < -0.3 is 10.8 Å². The summed E-state index contributed by atoms with van der Waals surface area (Å²) in [5.74, 6) is -0.0447. The monoisotopic (exact) mass is 276 g/mol. The predicted molar refractivity (Wildman–Crippen MR) is 65.4 cm³/mol. The summed E-state index contributed by atoms with van der Waals surface area (Å²) in [5.41, 5.74) is 6.05. The van der Waals surface area contributed by atoms with Crippen molar-refractivity contribution in [2.24, 2.45) is 5.92 Å². The van der Waals surface area contributed by atoms with Crippen molar-refractivity contribution in [1.29, 1.82) is 0 Å². The van der Waals surface area contributed by atoms with Gasteiger partial charge in [-0.25, -0.2) is 13.4 Å². The van der Waals surface area contributed by atoms with Crippen LogP contribution in [0.3, 0.4) is 0 Å². The van der Waals surface area contributed by atoms with Crippen LogP contribution in [0.1, 0.15) is 18.1 Å². The second-order valence-electron chi connectivity index (χ2n) is 4.24. The molecule has 2 atom stereocenters. The number of hydrogen-bond acceptors (Lipinski definition) is 5. The van der Waals surface area contributed by atoms with Crippen molar-refractivity contribution in [1.82, 2.24) is 4.98 Å². The van der Waals surface area contributed by atoms with Gasteiger partial charge in [-0.3, -0.25) is 0 Å². The van der Waals surface area contributed by atoms with Gasteiger partial charge in [0.1, 0.15) is 5.82 Å². The molecule has 1 aromatic heterocycles. The molecule has 3 N–H and O–H groups in total. The minimum Gasteiger partial charge on any atom is -0.388 e. The highest BCUT2D eigenvalue weighted by Crippen LogP contribution is 2.34. The molecule has 0 saturated carbocycles. The van der Waals surface area contributed by atoms with E-state index in [0.29, 0.717) is 17.0 Å². The molecule has 5 nitrogen and oxygen atoms in total. The molecule has 0 radical (unpaired) electrons. The molecule has 0 spiro atoms. The Balaban J connectivity index is 2.26. The molecule has 1 fully saturated rings. The first-order valence-corrected chi connectivity index (χ1v) is 7.38. The first-order valence-electron chi connectivity index (χ1n) is 5.18. The molecule has 2 heterocycles. The van der Waals surface area contributed by atoms with Crippen molar-refractivity contribution < 1.29 is 13.5 Å². The van der Waals surface area contributed by atoms with Gasteiger partial charge in [-0.2, -0.15) is 0 Å². The number of nitrogens with zero attached hydrogens (tertiary/aromatic N) is 1. The summed E-state index contributed by atoms with van der Waals surface area (Å²) in [6.45, 7) is 0. The number of sulfone groups is 1. The fourth-order valence-electron chi connectivity index (χ4n) is 2.03. The lowest BCUT2D eigenvalue weighted by atomic mass is 9.96. The normalized spacial score (nSPS) is 24.7. The summed E-state index contributed by atoms with van der Waals surface area (Å²) in [6, 6.07) is 1.53. The molecule has 0 amide bonds. The lowest BCUT2D eigenvalue weighted by Gasteiger charge is -2.18. The average Bonchev–Trinajstić information content (AvgIpc) is 2.61. The van der Waals surface area contributed by atoms with Gasteiger partial charge in [0.2, 0.25) is 0 Å². The molecule has 1 aliphatic rings. The molecule has 7 heteroatoms. The highest BCUT2D eigenvalue weighted by molar-refractivity contribution is 7.91. The summed E-state index contributed by atoms with van der Waals surface area (Å²) < 4.78 is 22.7. The quantitative estimate of drug-likeness (QED) is 0.833. The van der Waals surface area contributed by atoms with Crippen molar-refractivity contribution >= 4 is 27.3 Å². The molecule has 0 bridgehead atoms. The van der Waals surface area contributed by atoms with E-state index in [-0.39, 0.29) is 23.2 Å². The van der Waals surface area contributed by atoms with Crippen molar-refractivity contribution in [3.63, 3.8) is 0 Å². The molecule has 2 rings (SSSR count). The Kier molecular flexibility index (Phi) is 3.29.